The zero-order chi connectivity index (χ0) is 19.5. The summed E-state index contributed by atoms with van der Waals surface area (Å²) in [6.07, 6.45) is 3.82. The summed E-state index contributed by atoms with van der Waals surface area (Å²) in [6.45, 7) is 9.32. The number of carbonyl (C=O) groups is 2. The minimum absolute atomic E-state index is 0.0157. The molecule has 0 amide bonds. The van der Waals surface area contributed by atoms with E-state index in [-0.39, 0.29) is 23.2 Å². The van der Waals surface area contributed by atoms with Crippen molar-refractivity contribution >= 4 is 11.6 Å². The molecule has 0 bridgehead atoms. The minimum atomic E-state index is -0.513. The average molecular weight is 353 g/mol. The maximum absolute atomic E-state index is 12.7. The maximum atomic E-state index is 12.7. The zero-order valence-electron chi connectivity index (χ0n) is 16.1. The van der Waals surface area contributed by atoms with E-state index in [1.165, 1.54) is 6.07 Å². The third-order valence-corrected chi connectivity index (χ3v) is 4.69. The van der Waals surface area contributed by atoms with Gasteiger partial charge in [0.05, 0.1) is 0 Å². The average Bonchev–Trinajstić information content (AvgIpc) is 2.60. The van der Waals surface area contributed by atoms with E-state index >= 15 is 0 Å². The first-order valence-corrected chi connectivity index (χ1v) is 8.91. The lowest BCUT2D eigenvalue weighted by atomic mass is 9.80. The lowest BCUT2D eigenvalue weighted by molar-refractivity contribution is -0.127. The van der Waals surface area contributed by atoms with Crippen molar-refractivity contribution in [2.75, 3.05) is 0 Å². The summed E-state index contributed by atoms with van der Waals surface area (Å²) >= 11 is 0. The van der Waals surface area contributed by atoms with Gasteiger partial charge in [-0.05, 0) is 35.7 Å². The van der Waals surface area contributed by atoms with Crippen molar-refractivity contribution in [3.05, 3.63) is 59.4 Å². The van der Waals surface area contributed by atoms with Crippen LogP contribution in [-0.2, 0) is 4.79 Å². The summed E-state index contributed by atoms with van der Waals surface area (Å²) < 4.78 is 0. The van der Waals surface area contributed by atoms with E-state index < -0.39 is 11.3 Å². The standard InChI is InChI=1S/C22H27NO3/c1-14(17-7-6-10-23-13-17)11-20(25)16-8-9-19(24)18(12-16)15(2)21(26)22(3,4)5/h6-10,12-15,24H,11H2,1-5H3. The molecule has 0 saturated heterocycles. The third kappa shape index (κ3) is 4.57. The van der Waals surface area contributed by atoms with E-state index in [2.05, 4.69) is 4.98 Å². The van der Waals surface area contributed by atoms with E-state index in [4.69, 9.17) is 0 Å². The van der Waals surface area contributed by atoms with Crippen molar-refractivity contribution < 1.29 is 14.7 Å². The van der Waals surface area contributed by atoms with Gasteiger partial charge in [0.15, 0.2) is 5.78 Å². The minimum Gasteiger partial charge on any atom is -0.508 e. The molecule has 1 aromatic heterocycles. The summed E-state index contributed by atoms with van der Waals surface area (Å²) in [5.41, 5.74) is 1.52. The molecule has 0 fully saturated rings. The maximum Gasteiger partial charge on any atom is 0.163 e. The number of benzene rings is 1. The van der Waals surface area contributed by atoms with Crippen molar-refractivity contribution in [2.45, 2.75) is 52.9 Å². The second-order valence-electron chi connectivity index (χ2n) is 7.92. The number of aromatic hydroxyl groups is 1. The van der Waals surface area contributed by atoms with Crippen LogP contribution in [0.25, 0.3) is 0 Å². The Labute approximate surface area is 155 Å². The normalized spacial score (nSPS) is 13.9. The molecule has 1 N–H and O–H groups in total. The summed E-state index contributed by atoms with van der Waals surface area (Å²) in [5, 5.41) is 10.2. The number of carbonyl (C=O) groups excluding carboxylic acids is 2. The zero-order valence-corrected chi connectivity index (χ0v) is 16.1. The number of phenolic OH excluding ortho intramolecular Hbond substituents is 1. The fraction of sp³-hybridized carbons (Fsp3) is 0.409. The van der Waals surface area contributed by atoms with Crippen LogP contribution >= 0.6 is 0 Å². The van der Waals surface area contributed by atoms with Gasteiger partial charge < -0.3 is 5.11 Å². The van der Waals surface area contributed by atoms with Crippen LogP contribution in [0.2, 0.25) is 0 Å². The monoisotopic (exact) mass is 353 g/mol. The second kappa shape index (κ2) is 7.81. The van der Waals surface area contributed by atoms with E-state index in [1.54, 1.807) is 31.5 Å². The first-order valence-electron chi connectivity index (χ1n) is 8.91. The molecule has 0 aliphatic carbocycles. The Balaban J connectivity index is 2.23. The third-order valence-electron chi connectivity index (χ3n) is 4.69. The predicted octanol–water partition coefficient (Wildman–Crippen LogP) is 4.88. The fourth-order valence-corrected chi connectivity index (χ4v) is 3.05. The van der Waals surface area contributed by atoms with Crippen LogP contribution in [0.15, 0.2) is 42.7 Å². The predicted molar refractivity (Wildman–Crippen MR) is 103 cm³/mol. The van der Waals surface area contributed by atoms with Gasteiger partial charge in [-0.1, -0.05) is 40.7 Å². The van der Waals surface area contributed by atoms with Crippen molar-refractivity contribution in [3.63, 3.8) is 0 Å². The van der Waals surface area contributed by atoms with E-state index in [0.29, 0.717) is 17.5 Å². The molecule has 2 aromatic rings. The fourth-order valence-electron chi connectivity index (χ4n) is 3.05. The van der Waals surface area contributed by atoms with E-state index in [1.807, 2.05) is 39.8 Å². The van der Waals surface area contributed by atoms with E-state index in [9.17, 15) is 14.7 Å². The number of ketones is 2. The highest BCUT2D eigenvalue weighted by molar-refractivity contribution is 5.98. The molecule has 1 heterocycles. The molecule has 2 rings (SSSR count). The highest BCUT2D eigenvalue weighted by Crippen LogP contribution is 2.33. The van der Waals surface area contributed by atoms with Gasteiger partial charge in [0.25, 0.3) is 0 Å². The lowest BCUT2D eigenvalue weighted by Gasteiger charge is -2.23. The Bertz CT molecular complexity index is 791. The molecule has 0 aliphatic rings. The summed E-state index contributed by atoms with van der Waals surface area (Å²) in [6, 6.07) is 8.59. The SMILES string of the molecule is CC(CC(=O)c1ccc(O)c(C(C)C(=O)C(C)(C)C)c1)c1cccnc1. The molecule has 4 heteroatoms. The van der Waals surface area contributed by atoms with E-state index in [0.717, 1.165) is 5.56 Å². The highest BCUT2D eigenvalue weighted by atomic mass is 16.3. The molecule has 4 nitrogen and oxygen atoms in total. The number of phenols is 1. The molecule has 26 heavy (non-hydrogen) atoms. The van der Waals surface area contributed by atoms with Gasteiger partial charge in [-0.3, -0.25) is 14.6 Å². The first-order chi connectivity index (χ1) is 12.1. The largest absolute Gasteiger partial charge is 0.508 e. The van der Waals surface area contributed by atoms with Crippen LogP contribution < -0.4 is 0 Å². The Morgan fingerprint density at radius 2 is 1.85 bits per heavy atom. The Morgan fingerprint density at radius 1 is 1.15 bits per heavy atom. The van der Waals surface area contributed by atoms with Crippen molar-refractivity contribution in [1.82, 2.24) is 4.98 Å². The van der Waals surface area contributed by atoms with Crippen LogP contribution in [0.3, 0.4) is 0 Å². The van der Waals surface area contributed by atoms with Crippen molar-refractivity contribution in [2.24, 2.45) is 5.41 Å². The molecule has 0 spiro atoms. The van der Waals surface area contributed by atoms with Gasteiger partial charge in [0, 0.05) is 41.3 Å². The number of hydrogen-bond acceptors (Lipinski definition) is 4. The molecule has 138 valence electrons. The smallest absolute Gasteiger partial charge is 0.163 e. The van der Waals surface area contributed by atoms with Gasteiger partial charge in [0.2, 0.25) is 0 Å². The molecular formula is C22H27NO3. The molecule has 2 unspecified atom stereocenters. The Hall–Kier alpha value is -2.49. The van der Waals surface area contributed by atoms with Crippen LogP contribution in [-0.4, -0.2) is 21.7 Å². The van der Waals surface area contributed by atoms with Gasteiger partial charge in [-0.15, -0.1) is 0 Å². The number of Topliss-reactive ketones (excluding diaryl/α,β-unsaturated/α-hetero) is 2. The highest BCUT2D eigenvalue weighted by Gasteiger charge is 2.29. The second-order valence-corrected chi connectivity index (χ2v) is 7.92. The summed E-state index contributed by atoms with van der Waals surface area (Å²) in [4.78, 5) is 29.3. The van der Waals surface area contributed by atoms with Crippen LogP contribution in [0.4, 0.5) is 0 Å². The lowest BCUT2D eigenvalue weighted by Crippen LogP contribution is -2.25. The topological polar surface area (TPSA) is 67.3 Å². The molecule has 0 aliphatic heterocycles. The summed E-state index contributed by atoms with van der Waals surface area (Å²) in [7, 11) is 0. The van der Waals surface area contributed by atoms with Crippen LogP contribution in [0.5, 0.6) is 5.75 Å². The number of rotatable bonds is 6. The van der Waals surface area contributed by atoms with Gasteiger partial charge in [-0.2, -0.15) is 0 Å². The number of nitrogens with zero attached hydrogens (tertiary/aromatic N) is 1. The van der Waals surface area contributed by atoms with Crippen molar-refractivity contribution in [1.29, 1.82) is 0 Å². The molecule has 1 aromatic carbocycles. The Morgan fingerprint density at radius 3 is 2.42 bits per heavy atom. The Kier molecular flexibility index (Phi) is 5.96. The van der Waals surface area contributed by atoms with Crippen molar-refractivity contribution in [3.8, 4) is 5.75 Å². The van der Waals surface area contributed by atoms with Gasteiger partial charge in [-0.25, -0.2) is 0 Å². The summed E-state index contributed by atoms with van der Waals surface area (Å²) in [5.74, 6) is -0.369. The molecule has 0 radical (unpaired) electrons. The molecule has 2 atom stereocenters. The molecule has 0 saturated carbocycles. The number of aromatic nitrogens is 1. The van der Waals surface area contributed by atoms with Crippen LogP contribution in [0.1, 0.15) is 74.4 Å². The van der Waals surface area contributed by atoms with Gasteiger partial charge in [0.1, 0.15) is 11.5 Å². The van der Waals surface area contributed by atoms with Crippen LogP contribution in [0, 0.1) is 5.41 Å². The number of hydrogen-bond donors (Lipinski definition) is 1. The quantitative estimate of drug-likeness (QED) is 0.751. The molecular weight excluding hydrogens is 326 g/mol. The van der Waals surface area contributed by atoms with Gasteiger partial charge >= 0.3 is 0 Å². The number of pyridine rings is 1. The first kappa shape index (κ1) is 19.8.